The molecule has 1 aromatic rings. The van der Waals surface area contributed by atoms with Crippen LogP contribution in [0.2, 0.25) is 0 Å². The molecule has 4 saturated heterocycles. The van der Waals surface area contributed by atoms with Crippen LogP contribution in [0.4, 0.5) is 9.59 Å². The second-order valence-corrected chi connectivity index (χ2v) is 11.0. The minimum Gasteiger partial charge on any atom is -0.444 e. The highest BCUT2D eigenvalue weighted by Gasteiger charge is 2.55. The molecule has 0 aliphatic carbocycles. The normalized spacial score (nSPS) is 27.6. The lowest BCUT2D eigenvalue weighted by Crippen LogP contribution is -2.53. The van der Waals surface area contributed by atoms with Crippen molar-refractivity contribution in [2.24, 2.45) is 5.92 Å². The van der Waals surface area contributed by atoms with Crippen LogP contribution in [0.3, 0.4) is 0 Å². The molecule has 4 heterocycles. The van der Waals surface area contributed by atoms with E-state index in [4.69, 9.17) is 14.3 Å². The number of carbonyl (C=O) groups excluding carboxylic acids is 3. The van der Waals surface area contributed by atoms with E-state index in [1.807, 2.05) is 56.0 Å². The Labute approximate surface area is 210 Å². The van der Waals surface area contributed by atoms with Gasteiger partial charge < -0.3 is 19.3 Å². The maximum absolute atomic E-state index is 13.0. The van der Waals surface area contributed by atoms with Crippen LogP contribution >= 0.6 is 0 Å². The fraction of sp³-hybridized carbons (Fsp3) is 0.640. The number of nitrogens with zero attached hydrogens (tertiary/aromatic N) is 3. The van der Waals surface area contributed by atoms with Gasteiger partial charge in [-0.1, -0.05) is 30.3 Å². The molecule has 2 bridgehead atoms. The van der Waals surface area contributed by atoms with Crippen LogP contribution in [-0.4, -0.2) is 82.5 Å². The predicted molar refractivity (Wildman–Crippen MR) is 128 cm³/mol. The summed E-state index contributed by atoms with van der Waals surface area (Å²) in [7, 11) is 0. The number of hydrogen-bond acceptors (Lipinski definition) is 7. The molecular weight excluding hydrogens is 466 g/mol. The van der Waals surface area contributed by atoms with Gasteiger partial charge in [0.15, 0.2) is 6.23 Å². The first-order valence-corrected chi connectivity index (χ1v) is 12.6. The molecule has 196 valence electrons. The van der Waals surface area contributed by atoms with Crippen LogP contribution in [0, 0.1) is 5.92 Å². The summed E-state index contributed by atoms with van der Waals surface area (Å²) in [6, 6.07) is 9.65. The molecule has 0 saturated carbocycles. The number of nitrogens with one attached hydrogen (secondary N) is 2. The number of epoxide rings is 1. The number of hydrazine groups is 1. The second-order valence-electron chi connectivity index (χ2n) is 11.0. The molecule has 11 heteroatoms. The van der Waals surface area contributed by atoms with Crippen LogP contribution in [0.5, 0.6) is 0 Å². The van der Waals surface area contributed by atoms with Crippen molar-refractivity contribution in [3.05, 3.63) is 35.9 Å². The number of urea groups is 1. The highest BCUT2D eigenvalue weighted by atomic mass is 16.7. The molecule has 4 aliphatic heterocycles. The van der Waals surface area contributed by atoms with Crippen LogP contribution in [0.15, 0.2) is 30.3 Å². The largest absolute Gasteiger partial charge is 0.444 e. The van der Waals surface area contributed by atoms with E-state index >= 15 is 0 Å². The standard InChI is InChI=1S/C25H35N5O6/c1-25(2,3)36-24(33)28-12-17(13-28)11-20(31)26-27-22-21(35-22)19-10-9-18-14-29(19)23(32)30(18)34-15-16-7-5-4-6-8-16/h4-8,17-19,21-22,27H,9-15H2,1-3H3,(H,26,31). The summed E-state index contributed by atoms with van der Waals surface area (Å²) >= 11 is 0. The molecule has 5 rings (SSSR count). The maximum Gasteiger partial charge on any atom is 0.410 e. The van der Waals surface area contributed by atoms with Gasteiger partial charge in [-0.3, -0.25) is 15.1 Å². The first-order chi connectivity index (χ1) is 17.2. The molecule has 4 fully saturated rings. The lowest BCUT2D eigenvalue weighted by molar-refractivity contribution is -0.140. The first-order valence-electron chi connectivity index (χ1n) is 12.6. The molecule has 4 atom stereocenters. The molecule has 4 aliphatic rings. The molecule has 36 heavy (non-hydrogen) atoms. The number of rotatable bonds is 8. The Morgan fingerprint density at radius 3 is 2.58 bits per heavy atom. The van der Waals surface area contributed by atoms with Gasteiger partial charge in [-0.2, -0.15) is 5.06 Å². The smallest absolute Gasteiger partial charge is 0.410 e. The van der Waals surface area contributed by atoms with E-state index in [2.05, 4.69) is 10.9 Å². The molecule has 1 aromatic carbocycles. The SMILES string of the molecule is CC(C)(C)OC(=O)N1CC(CC(=O)NNC2OC2C2CCC3CN2C(=O)N3OCc2ccccc2)C1. The van der Waals surface area contributed by atoms with Gasteiger partial charge in [0.05, 0.1) is 12.1 Å². The van der Waals surface area contributed by atoms with Gasteiger partial charge in [0, 0.05) is 32.0 Å². The lowest BCUT2D eigenvalue weighted by Gasteiger charge is -2.39. The van der Waals surface area contributed by atoms with Crippen molar-refractivity contribution in [2.45, 2.75) is 76.7 Å². The van der Waals surface area contributed by atoms with Crippen molar-refractivity contribution in [1.29, 1.82) is 0 Å². The Morgan fingerprint density at radius 1 is 1.11 bits per heavy atom. The van der Waals surface area contributed by atoms with Gasteiger partial charge in [-0.15, -0.1) is 0 Å². The van der Waals surface area contributed by atoms with Crippen LogP contribution in [0.1, 0.15) is 45.6 Å². The Kier molecular flexibility index (Phi) is 6.80. The number of hydrogen-bond donors (Lipinski definition) is 2. The molecule has 0 aromatic heterocycles. The van der Waals surface area contributed by atoms with Crippen molar-refractivity contribution in [2.75, 3.05) is 19.6 Å². The van der Waals surface area contributed by atoms with Gasteiger partial charge >= 0.3 is 12.1 Å². The van der Waals surface area contributed by atoms with E-state index in [0.29, 0.717) is 32.7 Å². The fourth-order valence-corrected chi connectivity index (χ4v) is 5.06. The first kappa shape index (κ1) is 24.8. The Hall–Kier alpha value is -2.89. The summed E-state index contributed by atoms with van der Waals surface area (Å²) in [5, 5.41) is 1.51. The van der Waals surface area contributed by atoms with E-state index in [0.717, 1.165) is 18.4 Å². The number of benzene rings is 1. The zero-order chi connectivity index (χ0) is 25.4. The maximum atomic E-state index is 13.0. The van der Waals surface area contributed by atoms with Crippen molar-refractivity contribution in [1.82, 2.24) is 25.7 Å². The fourth-order valence-electron chi connectivity index (χ4n) is 5.06. The number of carbonyl (C=O) groups is 3. The molecular formula is C25H35N5O6. The van der Waals surface area contributed by atoms with E-state index in [9.17, 15) is 14.4 Å². The average Bonchev–Trinajstić information content (AvgIpc) is 3.53. The third kappa shape index (κ3) is 5.58. The van der Waals surface area contributed by atoms with Crippen molar-refractivity contribution in [3.8, 4) is 0 Å². The Balaban J connectivity index is 1.01. The summed E-state index contributed by atoms with van der Waals surface area (Å²) in [5.41, 5.74) is 6.14. The third-order valence-electron chi connectivity index (χ3n) is 6.92. The summed E-state index contributed by atoms with van der Waals surface area (Å²) in [4.78, 5) is 46.6. The molecule has 4 unspecified atom stereocenters. The number of likely N-dealkylation sites (tertiary alicyclic amines) is 1. The lowest BCUT2D eigenvalue weighted by atomic mass is 9.96. The molecule has 2 N–H and O–H groups in total. The average molecular weight is 502 g/mol. The highest BCUT2D eigenvalue weighted by Crippen LogP contribution is 2.37. The second kappa shape index (κ2) is 9.87. The summed E-state index contributed by atoms with van der Waals surface area (Å²) < 4.78 is 11.1. The number of piperidine rings is 1. The molecule has 11 nitrogen and oxygen atoms in total. The minimum atomic E-state index is -0.531. The number of ether oxygens (including phenoxy) is 2. The van der Waals surface area contributed by atoms with Gasteiger partial charge in [-0.25, -0.2) is 15.0 Å². The van der Waals surface area contributed by atoms with Gasteiger partial charge in [0.2, 0.25) is 5.91 Å². The summed E-state index contributed by atoms with van der Waals surface area (Å²) in [6.07, 6.45) is 1.13. The topological polar surface area (TPSA) is 116 Å². The summed E-state index contributed by atoms with van der Waals surface area (Å²) in [6.45, 7) is 7.48. The Bertz CT molecular complexity index is 979. The van der Waals surface area contributed by atoms with Crippen LogP contribution in [0.25, 0.3) is 0 Å². The zero-order valence-corrected chi connectivity index (χ0v) is 21.0. The van der Waals surface area contributed by atoms with Crippen molar-refractivity contribution in [3.63, 3.8) is 0 Å². The van der Waals surface area contributed by atoms with E-state index in [1.54, 1.807) is 4.90 Å². The predicted octanol–water partition coefficient (Wildman–Crippen LogP) is 1.99. The quantitative estimate of drug-likeness (QED) is 0.413. The van der Waals surface area contributed by atoms with Crippen molar-refractivity contribution < 1.29 is 28.7 Å². The zero-order valence-electron chi connectivity index (χ0n) is 21.0. The third-order valence-corrected chi connectivity index (χ3v) is 6.92. The van der Waals surface area contributed by atoms with Crippen molar-refractivity contribution >= 4 is 18.0 Å². The monoisotopic (exact) mass is 501 g/mol. The molecule has 0 radical (unpaired) electrons. The van der Waals surface area contributed by atoms with Crippen LogP contribution < -0.4 is 10.9 Å². The van der Waals surface area contributed by atoms with E-state index in [-0.39, 0.29) is 48.4 Å². The van der Waals surface area contributed by atoms with E-state index < -0.39 is 5.60 Å². The minimum absolute atomic E-state index is 0.0463. The van der Waals surface area contributed by atoms with Gasteiger partial charge in [0.1, 0.15) is 18.3 Å². The van der Waals surface area contributed by atoms with E-state index in [1.165, 1.54) is 5.06 Å². The molecule has 0 spiro atoms. The molecule has 4 amide bonds. The van der Waals surface area contributed by atoms with Gasteiger partial charge in [0.25, 0.3) is 0 Å². The Morgan fingerprint density at radius 2 is 1.86 bits per heavy atom. The van der Waals surface area contributed by atoms with Gasteiger partial charge in [-0.05, 0) is 39.2 Å². The highest BCUT2D eigenvalue weighted by molar-refractivity contribution is 5.77. The number of amides is 4. The number of fused-ring (bicyclic) bond motifs is 2. The summed E-state index contributed by atoms with van der Waals surface area (Å²) in [5.74, 6) is -0.0471. The van der Waals surface area contributed by atoms with Crippen LogP contribution in [-0.2, 0) is 25.7 Å². The number of hydroxylamine groups is 2.